The highest BCUT2D eigenvalue weighted by Crippen LogP contribution is 2.22. The lowest BCUT2D eigenvalue weighted by Crippen LogP contribution is -1.82. The fourth-order valence-corrected chi connectivity index (χ4v) is 1.89. The Morgan fingerprint density at radius 1 is 1.06 bits per heavy atom. The van der Waals surface area contributed by atoms with E-state index in [1.165, 1.54) is 0 Å². The topological polar surface area (TPSA) is 12.4 Å². The molecule has 0 aromatic heterocycles. The standard InChI is InChI=1S/C14H11Cl2N/c1-10-8-12(15)6-7-14(10)17-9-11-4-2-3-5-13(11)16/h2-9H,1H3/b17-9+. The summed E-state index contributed by atoms with van der Waals surface area (Å²) in [7, 11) is 0. The highest BCUT2D eigenvalue weighted by molar-refractivity contribution is 6.33. The summed E-state index contributed by atoms with van der Waals surface area (Å²) < 4.78 is 0. The minimum absolute atomic E-state index is 0.697. The number of aliphatic imine (C=N–C) groups is 1. The molecule has 0 bridgehead atoms. The number of halogens is 2. The molecule has 0 unspecified atom stereocenters. The van der Waals surface area contributed by atoms with Crippen molar-refractivity contribution in [3.63, 3.8) is 0 Å². The summed E-state index contributed by atoms with van der Waals surface area (Å²) in [5, 5.41) is 1.42. The molecule has 0 spiro atoms. The lowest BCUT2D eigenvalue weighted by atomic mass is 10.2. The van der Waals surface area contributed by atoms with Gasteiger partial charge in [-0.3, -0.25) is 4.99 Å². The minimum Gasteiger partial charge on any atom is -0.256 e. The maximum Gasteiger partial charge on any atom is 0.0660 e. The van der Waals surface area contributed by atoms with Gasteiger partial charge in [0.15, 0.2) is 0 Å². The molecule has 0 aliphatic rings. The fourth-order valence-electron chi connectivity index (χ4n) is 1.48. The van der Waals surface area contributed by atoms with Gasteiger partial charge in [0.2, 0.25) is 0 Å². The average Bonchev–Trinajstić information content (AvgIpc) is 2.30. The minimum atomic E-state index is 0.697. The molecule has 17 heavy (non-hydrogen) atoms. The van der Waals surface area contributed by atoms with E-state index in [0.29, 0.717) is 5.02 Å². The molecule has 0 aliphatic carbocycles. The van der Waals surface area contributed by atoms with Crippen LogP contribution in [0.4, 0.5) is 5.69 Å². The van der Waals surface area contributed by atoms with Crippen molar-refractivity contribution in [2.24, 2.45) is 4.99 Å². The number of aryl methyl sites for hydroxylation is 1. The molecule has 0 amide bonds. The SMILES string of the molecule is Cc1cc(Cl)ccc1/N=C/c1ccccc1Cl. The third kappa shape index (κ3) is 3.09. The van der Waals surface area contributed by atoms with Crippen LogP contribution >= 0.6 is 23.2 Å². The van der Waals surface area contributed by atoms with Crippen molar-refractivity contribution in [3.05, 3.63) is 63.6 Å². The van der Waals surface area contributed by atoms with Crippen molar-refractivity contribution < 1.29 is 0 Å². The van der Waals surface area contributed by atoms with Crippen LogP contribution in [0.3, 0.4) is 0 Å². The van der Waals surface area contributed by atoms with E-state index in [4.69, 9.17) is 23.2 Å². The molecule has 0 saturated carbocycles. The predicted molar refractivity (Wildman–Crippen MR) is 74.9 cm³/mol. The predicted octanol–water partition coefficient (Wildman–Crippen LogP) is 5.05. The quantitative estimate of drug-likeness (QED) is 0.673. The van der Waals surface area contributed by atoms with Gasteiger partial charge in [-0.2, -0.15) is 0 Å². The van der Waals surface area contributed by atoms with Gasteiger partial charge in [0.05, 0.1) is 5.69 Å². The van der Waals surface area contributed by atoms with Crippen molar-refractivity contribution >= 4 is 35.1 Å². The van der Waals surface area contributed by atoms with Gasteiger partial charge in [-0.25, -0.2) is 0 Å². The van der Waals surface area contributed by atoms with Gasteiger partial charge >= 0.3 is 0 Å². The largest absolute Gasteiger partial charge is 0.256 e. The smallest absolute Gasteiger partial charge is 0.0660 e. The molecule has 0 aliphatic heterocycles. The summed E-state index contributed by atoms with van der Waals surface area (Å²) in [6.45, 7) is 1.98. The summed E-state index contributed by atoms with van der Waals surface area (Å²) in [6, 6.07) is 13.2. The number of rotatable bonds is 2. The van der Waals surface area contributed by atoms with Crippen LogP contribution < -0.4 is 0 Å². The Hall–Kier alpha value is -1.31. The summed E-state index contributed by atoms with van der Waals surface area (Å²) in [5.41, 5.74) is 2.85. The lowest BCUT2D eigenvalue weighted by Gasteiger charge is -2.01. The van der Waals surface area contributed by atoms with Crippen LogP contribution in [0.15, 0.2) is 47.5 Å². The molecule has 2 rings (SSSR count). The molecule has 2 aromatic rings. The lowest BCUT2D eigenvalue weighted by molar-refractivity contribution is 1.40. The zero-order chi connectivity index (χ0) is 12.3. The van der Waals surface area contributed by atoms with Crippen molar-refractivity contribution in [2.75, 3.05) is 0 Å². The monoisotopic (exact) mass is 263 g/mol. The normalized spacial score (nSPS) is 11.0. The highest BCUT2D eigenvalue weighted by Gasteiger charge is 1.98. The van der Waals surface area contributed by atoms with E-state index in [1.54, 1.807) is 6.21 Å². The molecule has 3 heteroatoms. The Labute approximate surface area is 111 Å². The first-order valence-corrected chi connectivity index (χ1v) is 5.97. The van der Waals surface area contributed by atoms with Crippen LogP contribution in [0.25, 0.3) is 0 Å². The molecule has 0 N–H and O–H groups in total. The number of nitrogens with zero attached hydrogens (tertiary/aromatic N) is 1. The number of benzene rings is 2. The Balaban J connectivity index is 2.29. The van der Waals surface area contributed by atoms with Crippen LogP contribution in [0, 0.1) is 6.92 Å². The zero-order valence-corrected chi connectivity index (χ0v) is 10.8. The van der Waals surface area contributed by atoms with E-state index >= 15 is 0 Å². The highest BCUT2D eigenvalue weighted by atomic mass is 35.5. The molecule has 1 nitrogen and oxygen atoms in total. The van der Waals surface area contributed by atoms with Gasteiger partial charge in [-0.15, -0.1) is 0 Å². The Kier molecular flexibility index (Phi) is 3.82. The first-order chi connectivity index (χ1) is 8.16. The zero-order valence-electron chi connectivity index (χ0n) is 9.32. The third-order valence-electron chi connectivity index (χ3n) is 2.41. The van der Waals surface area contributed by atoms with Crippen molar-refractivity contribution in [1.29, 1.82) is 0 Å². The molecule has 0 saturated heterocycles. The van der Waals surface area contributed by atoms with Crippen LogP contribution in [0.1, 0.15) is 11.1 Å². The molecular formula is C14H11Cl2N. The van der Waals surface area contributed by atoms with Gasteiger partial charge in [-0.1, -0.05) is 41.4 Å². The molecule has 2 aromatic carbocycles. The van der Waals surface area contributed by atoms with Crippen molar-refractivity contribution in [3.8, 4) is 0 Å². The summed E-state index contributed by atoms with van der Waals surface area (Å²) in [6.07, 6.45) is 1.76. The van der Waals surface area contributed by atoms with E-state index in [1.807, 2.05) is 49.4 Å². The van der Waals surface area contributed by atoms with Gasteiger partial charge in [-0.05, 0) is 36.8 Å². The molecule has 0 fully saturated rings. The van der Waals surface area contributed by atoms with Gasteiger partial charge in [0.25, 0.3) is 0 Å². The van der Waals surface area contributed by atoms with Gasteiger partial charge < -0.3 is 0 Å². The second-order valence-corrected chi connectivity index (χ2v) is 4.55. The van der Waals surface area contributed by atoms with E-state index < -0.39 is 0 Å². The average molecular weight is 264 g/mol. The maximum absolute atomic E-state index is 6.04. The number of hydrogen-bond donors (Lipinski definition) is 0. The van der Waals surface area contributed by atoms with E-state index in [2.05, 4.69) is 4.99 Å². The second kappa shape index (κ2) is 5.35. The van der Waals surface area contributed by atoms with Gasteiger partial charge in [0, 0.05) is 21.8 Å². The van der Waals surface area contributed by atoms with Crippen LogP contribution in [0.5, 0.6) is 0 Å². The van der Waals surface area contributed by atoms with E-state index in [-0.39, 0.29) is 0 Å². The Morgan fingerprint density at radius 2 is 1.82 bits per heavy atom. The fraction of sp³-hybridized carbons (Fsp3) is 0.0714. The first kappa shape index (κ1) is 12.2. The van der Waals surface area contributed by atoms with E-state index in [9.17, 15) is 0 Å². The number of hydrogen-bond acceptors (Lipinski definition) is 1. The Bertz CT molecular complexity index is 562. The summed E-state index contributed by atoms with van der Waals surface area (Å²) in [4.78, 5) is 4.41. The molecule has 0 radical (unpaired) electrons. The third-order valence-corrected chi connectivity index (χ3v) is 2.99. The molecular weight excluding hydrogens is 253 g/mol. The van der Waals surface area contributed by atoms with E-state index in [0.717, 1.165) is 21.8 Å². The second-order valence-electron chi connectivity index (χ2n) is 3.71. The molecule has 0 heterocycles. The summed E-state index contributed by atoms with van der Waals surface area (Å²) >= 11 is 11.9. The van der Waals surface area contributed by atoms with Crippen LogP contribution in [0.2, 0.25) is 10.0 Å². The summed E-state index contributed by atoms with van der Waals surface area (Å²) in [5.74, 6) is 0. The van der Waals surface area contributed by atoms with Crippen molar-refractivity contribution in [1.82, 2.24) is 0 Å². The van der Waals surface area contributed by atoms with Gasteiger partial charge in [0.1, 0.15) is 0 Å². The molecule has 86 valence electrons. The van der Waals surface area contributed by atoms with Crippen LogP contribution in [-0.4, -0.2) is 6.21 Å². The first-order valence-electron chi connectivity index (χ1n) is 5.21. The van der Waals surface area contributed by atoms with Crippen LogP contribution in [-0.2, 0) is 0 Å². The maximum atomic E-state index is 6.04. The Morgan fingerprint density at radius 3 is 2.53 bits per heavy atom. The van der Waals surface area contributed by atoms with Crippen molar-refractivity contribution in [2.45, 2.75) is 6.92 Å². The molecule has 0 atom stereocenters.